The molecule has 0 unspecified atom stereocenters. The maximum atomic E-state index is 10.1. The van der Waals surface area contributed by atoms with Crippen molar-refractivity contribution in [3.05, 3.63) is 29.8 Å². The van der Waals surface area contributed by atoms with Crippen LogP contribution in [0.25, 0.3) is 0 Å². The summed E-state index contributed by atoms with van der Waals surface area (Å²) < 4.78 is 11.3. The monoisotopic (exact) mass is 293 g/mol. The van der Waals surface area contributed by atoms with Gasteiger partial charge < -0.3 is 14.6 Å². The van der Waals surface area contributed by atoms with Crippen LogP contribution in [0.15, 0.2) is 24.3 Å². The summed E-state index contributed by atoms with van der Waals surface area (Å²) in [6, 6.07) is 8.05. The Labute approximate surface area is 127 Å². The van der Waals surface area contributed by atoms with Gasteiger partial charge in [-0.15, -0.1) is 0 Å². The van der Waals surface area contributed by atoms with E-state index in [4.69, 9.17) is 9.47 Å². The van der Waals surface area contributed by atoms with Crippen LogP contribution >= 0.6 is 0 Å². The number of morpholine rings is 1. The highest BCUT2D eigenvalue weighted by Gasteiger charge is 2.23. The van der Waals surface area contributed by atoms with E-state index >= 15 is 0 Å². The molecule has 118 valence electrons. The summed E-state index contributed by atoms with van der Waals surface area (Å²) in [6.45, 7) is 8.96. The molecule has 2 rings (SSSR count). The van der Waals surface area contributed by atoms with Gasteiger partial charge in [-0.25, -0.2) is 0 Å². The minimum Gasteiger partial charge on any atom is -0.491 e. The van der Waals surface area contributed by atoms with Gasteiger partial charge in [-0.2, -0.15) is 0 Å². The van der Waals surface area contributed by atoms with E-state index in [-0.39, 0.29) is 12.2 Å². The summed E-state index contributed by atoms with van der Waals surface area (Å²) in [4.78, 5) is 2.24. The van der Waals surface area contributed by atoms with Crippen molar-refractivity contribution in [2.75, 3.05) is 26.2 Å². The summed E-state index contributed by atoms with van der Waals surface area (Å²) in [7, 11) is 0. The topological polar surface area (TPSA) is 41.9 Å². The van der Waals surface area contributed by atoms with E-state index in [0.29, 0.717) is 13.2 Å². The third kappa shape index (κ3) is 5.30. The Morgan fingerprint density at radius 2 is 1.86 bits per heavy atom. The van der Waals surface area contributed by atoms with Crippen LogP contribution in [-0.2, 0) is 11.2 Å². The number of hydrogen-bond acceptors (Lipinski definition) is 4. The fourth-order valence-corrected chi connectivity index (χ4v) is 2.80. The molecule has 3 atom stereocenters. The second kappa shape index (κ2) is 7.78. The molecule has 1 saturated heterocycles. The van der Waals surface area contributed by atoms with Crippen LogP contribution in [0.5, 0.6) is 5.75 Å². The van der Waals surface area contributed by atoms with Gasteiger partial charge in [-0.05, 0) is 38.0 Å². The van der Waals surface area contributed by atoms with Gasteiger partial charge >= 0.3 is 0 Å². The molecule has 1 N–H and O–H groups in total. The van der Waals surface area contributed by atoms with E-state index in [9.17, 15) is 5.11 Å². The van der Waals surface area contributed by atoms with Gasteiger partial charge in [0.15, 0.2) is 0 Å². The van der Waals surface area contributed by atoms with Crippen molar-refractivity contribution in [3.63, 3.8) is 0 Å². The smallest absolute Gasteiger partial charge is 0.119 e. The first-order chi connectivity index (χ1) is 10.1. The lowest BCUT2D eigenvalue weighted by Gasteiger charge is -2.36. The molecule has 1 heterocycles. The van der Waals surface area contributed by atoms with Crippen molar-refractivity contribution in [1.29, 1.82) is 0 Å². The van der Waals surface area contributed by atoms with Crippen molar-refractivity contribution in [2.24, 2.45) is 0 Å². The van der Waals surface area contributed by atoms with E-state index in [0.717, 1.165) is 25.3 Å². The summed E-state index contributed by atoms with van der Waals surface area (Å²) in [6.07, 6.45) is 0.997. The zero-order valence-electron chi connectivity index (χ0n) is 13.3. The lowest BCUT2D eigenvalue weighted by atomic mass is 10.2. The molecule has 1 fully saturated rings. The molecule has 0 aliphatic carbocycles. The largest absolute Gasteiger partial charge is 0.491 e. The number of aliphatic hydroxyl groups is 1. The third-order valence-corrected chi connectivity index (χ3v) is 3.74. The highest BCUT2D eigenvalue weighted by atomic mass is 16.5. The second-order valence-electron chi connectivity index (χ2n) is 5.94. The first-order valence-electron chi connectivity index (χ1n) is 7.84. The van der Waals surface area contributed by atoms with Gasteiger partial charge in [0.2, 0.25) is 0 Å². The lowest BCUT2D eigenvalue weighted by molar-refractivity contribution is -0.0786. The number of rotatable bonds is 6. The molecule has 4 heteroatoms. The number of hydrogen-bond donors (Lipinski definition) is 1. The normalized spacial score (nSPS) is 24.8. The molecule has 1 aromatic rings. The number of ether oxygens (including phenoxy) is 2. The first-order valence-corrected chi connectivity index (χ1v) is 7.84. The molecule has 0 spiro atoms. The molecule has 0 aromatic heterocycles. The highest BCUT2D eigenvalue weighted by Crippen LogP contribution is 2.14. The SMILES string of the molecule is CCc1ccc(OC[C@H](O)CN2C[C@@H](C)O[C@H](C)C2)cc1. The summed E-state index contributed by atoms with van der Waals surface area (Å²) in [5.41, 5.74) is 1.29. The van der Waals surface area contributed by atoms with Gasteiger partial charge in [0.05, 0.1) is 12.2 Å². The Bertz CT molecular complexity index is 411. The minimum absolute atomic E-state index is 0.225. The molecule has 1 aliphatic rings. The molecule has 0 saturated carbocycles. The quantitative estimate of drug-likeness (QED) is 0.872. The molecule has 21 heavy (non-hydrogen) atoms. The molecule has 1 aliphatic heterocycles. The zero-order valence-corrected chi connectivity index (χ0v) is 13.3. The molecule has 1 aromatic carbocycles. The third-order valence-electron chi connectivity index (χ3n) is 3.74. The van der Waals surface area contributed by atoms with E-state index in [1.807, 2.05) is 12.1 Å². The minimum atomic E-state index is -0.478. The van der Waals surface area contributed by atoms with E-state index in [1.54, 1.807) is 0 Å². The number of aryl methyl sites for hydroxylation is 1. The van der Waals surface area contributed by atoms with E-state index < -0.39 is 6.10 Å². The van der Waals surface area contributed by atoms with E-state index in [2.05, 4.69) is 37.8 Å². The van der Waals surface area contributed by atoms with Gasteiger partial charge in [0.25, 0.3) is 0 Å². The Hall–Kier alpha value is -1.10. The highest BCUT2D eigenvalue weighted by molar-refractivity contribution is 5.27. The number of aliphatic hydroxyl groups excluding tert-OH is 1. The Morgan fingerprint density at radius 1 is 1.24 bits per heavy atom. The number of nitrogens with zero attached hydrogens (tertiary/aromatic N) is 1. The van der Waals surface area contributed by atoms with Crippen LogP contribution in [0.4, 0.5) is 0 Å². The second-order valence-corrected chi connectivity index (χ2v) is 5.94. The van der Waals surface area contributed by atoms with Crippen molar-refractivity contribution in [3.8, 4) is 5.75 Å². The van der Waals surface area contributed by atoms with Crippen molar-refractivity contribution in [2.45, 2.75) is 45.5 Å². The van der Waals surface area contributed by atoms with Crippen molar-refractivity contribution >= 4 is 0 Å². The lowest BCUT2D eigenvalue weighted by Crippen LogP contribution is -2.48. The maximum Gasteiger partial charge on any atom is 0.119 e. The Kier molecular flexibility index (Phi) is 6.03. The summed E-state index contributed by atoms with van der Waals surface area (Å²) in [5, 5.41) is 10.1. The fourth-order valence-electron chi connectivity index (χ4n) is 2.80. The molecule has 4 nitrogen and oxygen atoms in total. The van der Waals surface area contributed by atoms with Gasteiger partial charge in [-0.3, -0.25) is 4.90 Å². The average molecular weight is 293 g/mol. The van der Waals surface area contributed by atoms with Gasteiger partial charge in [0.1, 0.15) is 18.5 Å². The zero-order chi connectivity index (χ0) is 15.2. The average Bonchev–Trinajstić information content (AvgIpc) is 2.44. The molecule has 0 bridgehead atoms. The van der Waals surface area contributed by atoms with Crippen LogP contribution in [0.2, 0.25) is 0 Å². The maximum absolute atomic E-state index is 10.1. The van der Waals surface area contributed by atoms with Crippen LogP contribution in [0, 0.1) is 0 Å². The number of benzene rings is 1. The Morgan fingerprint density at radius 3 is 2.43 bits per heavy atom. The van der Waals surface area contributed by atoms with E-state index in [1.165, 1.54) is 5.56 Å². The molecule has 0 amide bonds. The van der Waals surface area contributed by atoms with Gasteiger partial charge in [-0.1, -0.05) is 19.1 Å². The Balaban J connectivity index is 1.74. The standard InChI is InChI=1S/C17H27NO3/c1-4-15-5-7-17(8-6-15)20-12-16(19)11-18-9-13(2)21-14(3)10-18/h5-8,13-14,16,19H,4,9-12H2,1-3H3/t13-,14-,16-/m1/s1. The summed E-state index contributed by atoms with van der Waals surface area (Å²) >= 11 is 0. The molecular weight excluding hydrogens is 266 g/mol. The summed E-state index contributed by atoms with van der Waals surface area (Å²) in [5.74, 6) is 0.815. The van der Waals surface area contributed by atoms with Crippen LogP contribution in [-0.4, -0.2) is 54.6 Å². The van der Waals surface area contributed by atoms with Crippen molar-refractivity contribution in [1.82, 2.24) is 4.90 Å². The molecule has 0 radical (unpaired) electrons. The first kappa shape index (κ1) is 16.3. The predicted octanol–water partition coefficient (Wildman–Crippen LogP) is 2.10. The van der Waals surface area contributed by atoms with Crippen LogP contribution < -0.4 is 4.74 Å². The van der Waals surface area contributed by atoms with Crippen molar-refractivity contribution < 1.29 is 14.6 Å². The molecular formula is C17H27NO3. The number of β-amino-alcohol motifs (C(OH)–C–C–N with tert-alkyl or cyclic N) is 1. The predicted molar refractivity (Wildman–Crippen MR) is 83.8 cm³/mol. The van der Waals surface area contributed by atoms with Crippen LogP contribution in [0.1, 0.15) is 26.3 Å². The van der Waals surface area contributed by atoms with Gasteiger partial charge in [0, 0.05) is 19.6 Å². The van der Waals surface area contributed by atoms with Crippen LogP contribution in [0.3, 0.4) is 0 Å². The fraction of sp³-hybridized carbons (Fsp3) is 0.647.